The molecule has 0 saturated carbocycles. The number of carbonyl (C=O) groups excluding carboxylic acids is 1. The van der Waals surface area contributed by atoms with Crippen molar-refractivity contribution in [1.29, 1.82) is 0 Å². The maximum absolute atomic E-state index is 13.9. The van der Waals surface area contributed by atoms with Gasteiger partial charge < -0.3 is 10.1 Å². The van der Waals surface area contributed by atoms with Crippen LogP contribution in [-0.4, -0.2) is 22.2 Å². The third-order valence-electron chi connectivity index (χ3n) is 5.12. The van der Waals surface area contributed by atoms with Gasteiger partial charge in [-0.2, -0.15) is 0 Å². The molecule has 33 heavy (non-hydrogen) atoms. The van der Waals surface area contributed by atoms with Gasteiger partial charge in [-0.25, -0.2) is 13.6 Å². The quantitative estimate of drug-likeness (QED) is 0.488. The van der Waals surface area contributed by atoms with Crippen LogP contribution in [0.3, 0.4) is 0 Å². The minimum Gasteiger partial charge on any atom is -0.494 e. The highest BCUT2D eigenvalue weighted by Gasteiger charge is 2.16. The second kappa shape index (κ2) is 9.07. The smallest absolute Gasteiger partial charge is 0.332 e. The van der Waals surface area contributed by atoms with Gasteiger partial charge in [0.2, 0.25) is 5.91 Å². The molecule has 0 aliphatic carbocycles. The van der Waals surface area contributed by atoms with Crippen LogP contribution in [0.5, 0.6) is 5.75 Å². The summed E-state index contributed by atoms with van der Waals surface area (Å²) in [7, 11) is 1.33. The number of hydrogen-bond donors (Lipinski definition) is 1. The van der Waals surface area contributed by atoms with Crippen LogP contribution < -0.4 is 21.3 Å². The highest BCUT2D eigenvalue weighted by atomic mass is 19.1. The number of methoxy groups -OCH3 is 1. The lowest BCUT2D eigenvalue weighted by atomic mass is 10.2. The molecule has 9 heteroatoms. The van der Waals surface area contributed by atoms with Gasteiger partial charge in [0.25, 0.3) is 5.56 Å². The highest BCUT2D eigenvalue weighted by molar-refractivity contribution is 5.91. The van der Waals surface area contributed by atoms with Crippen molar-refractivity contribution in [2.75, 3.05) is 12.4 Å². The van der Waals surface area contributed by atoms with Crippen molar-refractivity contribution in [1.82, 2.24) is 9.13 Å². The van der Waals surface area contributed by atoms with Gasteiger partial charge in [-0.05, 0) is 42.0 Å². The number of aromatic nitrogens is 2. The zero-order valence-corrected chi connectivity index (χ0v) is 17.5. The Bertz CT molecular complexity index is 1460. The third-order valence-corrected chi connectivity index (χ3v) is 5.12. The lowest BCUT2D eigenvalue weighted by Gasteiger charge is -2.14. The molecular formula is C24H19F2N3O4. The molecule has 0 bridgehead atoms. The second-order valence-electron chi connectivity index (χ2n) is 7.30. The van der Waals surface area contributed by atoms with E-state index in [2.05, 4.69) is 5.32 Å². The van der Waals surface area contributed by atoms with E-state index in [4.69, 9.17) is 4.74 Å². The van der Waals surface area contributed by atoms with Gasteiger partial charge in [0.15, 0.2) is 11.6 Å². The number of para-hydroxylation sites is 1. The van der Waals surface area contributed by atoms with Crippen LogP contribution in [-0.2, 0) is 17.9 Å². The summed E-state index contributed by atoms with van der Waals surface area (Å²) in [5.41, 5.74) is -0.183. The number of fused-ring (bicyclic) bond motifs is 1. The van der Waals surface area contributed by atoms with Crippen molar-refractivity contribution in [3.63, 3.8) is 0 Å². The molecule has 0 spiro atoms. The van der Waals surface area contributed by atoms with E-state index in [1.807, 2.05) is 0 Å². The summed E-state index contributed by atoms with van der Waals surface area (Å²) in [6.45, 7) is -0.495. The summed E-state index contributed by atoms with van der Waals surface area (Å²) in [4.78, 5) is 38.8. The molecule has 1 heterocycles. The first-order chi connectivity index (χ1) is 15.9. The predicted octanol–water partition coefficient (Wildman–Crippen LogP) is 3.14. The lowest BCUT2D eigenvalue weighted by molar-refractivity contribution is -0.116. The molecule has 0 fully saturated rings. The number of carbonyl (C=O) groups is 1. The molecule has 1 amide bonds. The number of nitrogens with zero attached hydrogens (tertiary/aromatic N) is 2. The van der Waals surface area contributed by atoms with Crippen LogP contribution in [0, 0.1) is 11.6 Å². The molecule has 168 valence electrons. The summed E-state index contributed by atoms with van der Waals surface area (Å²) < 4.78 is 34.2. The van der Waals surface area contributed by atoms with E-state index in [9.17, 15) is 23.2 Å². The van der Waals surface area contributed by atoms with Crippen molar-refractivity contribution in [3.8, 4) is 5.75 Å². The Kier molecular flexibility index (Phi) is 6.03. The van der Waals surface area contributed by atoms with Crippen LogP contribution in [0.25, 0.3) is 10.9 Å². The average molecular weight is 451 g/mol. The minimum atomic E-state index is -0.695. The van der Waals surface area contributed by atoms with E-state index < -0.39 is 35.3 Å². The Morgan fingerprint density at radius 2 is 1.70 bits per heavy atom. The van der Waals surface area contributed by atoms with E-state index >= 15 is 0 Å². The predicted molar refractivity (Wildman–Crippen MR) is 120 cm³/mol. The van der Waals surface area contributed by atoms with Crippen LogP contribution in [0.15, 0.2) is 76.3 Å². The average Bonchev–Trinajstić information content (AvgIpc) is 2.81. The van der Waals surface area contributed by atoms with Gasteiger partial charge in [-0.3, -0.25) is 18.7 Å². The molecule has 0 unspecified atom stereocenters. The molecule has 1 aromatic heterocycles. The number of nitrogens with one attached hydrogen (secondary N) is 1. The maximum Gasteiger partial charge on any atom is 0.332 e. The van der Waals surface area contributed by atoms with Crippen molar-refractivity contribution >= 4 is 22.5 Å². The zero-order chi connectivity index (χ0) is 23.5. The summed E-state index contributed by atoms with van der Waals surface area (Å²) >= 11 is 0. The summed E-state index contributed by atoms with van der Waals surface area (Å²) in [5, 5.41) is 2.79. The number of anilines is 1. The number of hydrogen-bond acceptors (Lipinski definition) is 4. The van der Waals surface area contributed by atoms with Crippen LogP contribution >= 0.6 is 0 Å². The first-order valence-electron chi connectivity index (χ1n) is 9.97. The fourth-order valence-electron chi connectivity index (χ4n) is 3.52. The molecule has 0 aliphatic rings. The Morgan fingerprint density at radius 3 is 2.39 bits per heavy atom. The van der Waals surface area contributed by atoms with Crippen LogP contribution in [0.2, 0.25) is 0 Å². The molecule has 1 N–H and O–H groups in total. The van der Waals surface area contributed by atoms with E-state index in [0.29, 0.717) is 11.1 Å². The van der Waals surface area contributed by atoms with Crippen LogP contribution in [0.4, 0.5) is 14.5 Å². The van der Waals surface area contributed by atoms with Gasteiger partial charge in [0.05, 0.1) is 24.6 Å². The third kappa shape index (κ3) is 4.52. The van der Waals surface area contributed by atoms with E-state index in [1.54, 1.807) is 24.3 Å². The van der Waals surface area contributed by atoms with Crippen LogP contribution in [0.1, 0.15) is 5.56 Å². The maximum atomic E-state index is 13.9. The van der Waals surface area contributed by atoms with Crippen molar-refractivity contribution in [2.24, 2.45) is 0 Å². The highest BCUT2D eigenvalue weighted by Crippen LogP contribution is 2.20. The molecule has 4 rings (SSSR count). The SMILES string of the molecule is COc1ccc(NC(=O)Cn2c(=O)n(Cc3ccc(F)cc3)c(=O)c3ccccc32)cc1F. The molecule has 4 aromatic rings. The molecule has 0 aliphatic heterocycles. The van der Waals surface area contributed by atoms with Gasteiger partial charge in [0.1, 0.15) is 12.4 Å². The van der Waals surface area contributed by atoms with Gasteiger partial charge >= 0.3 is 5.69 Å². The van der Waals surface area contributed by atoms with E-state index in [0.717, 1.165) is 10.6 Å². The fourth-order valence-corrected chi connectivity index (χ4v) is 3.52. The topological polar surface area (TPSA) is 82.3 Å². The largest absolute Gasteiger partial charge is 0.494 e. The molecule has 0 atom stereocenters. The van der Waals surface area contributed by atoms with Crippen molar-refractivity contribution in [2.45, 2.75) is 13.1 Å². The number of benzene rings is 3. The molecule has 3 aromatic carbocycles. The van der Waals surface area contributed by atoms with Gasteiger partial charge in [-0.1, -0.05) is 24.3 Å². The van der Waals surface area contributed by atoms with Gasteiger partial charge in [-0.15, -0.1) is 0 Å². The summed E-state index contributed by atoms with van der Waals surface area (Å²) in [5.74, 6) is -1.64. The van der Waals surface area contributed by atoms with E-state index in [1.165, 1.54) is 48.1 Å². The standard InChI is InChI=1S/C24H19F2N3O4/c1-33-21-11-10-17(12-19(21)26)27-22(30)14-28-20-5-3-2-4-18(20)23(31)29(24(28)32)13-15-6-8-16(25)9-7-15/h2-12H,13-14H2,1H3,(H,27,30). The zero-order valence-electron chi connectivity index (χ0n) is 17.5. The second-order valence-corrected chi connectivity index (χ2v) is 7.30. The number of ether oxygens (including phenoxy) is 1. The number of halogens is 2. The molecule has 7 nitrogen and oxygen atoms in total. The molecule has 0 saturated heterocycles. The first kappa shape index (κ1) is 21.9. The van der Waals surface area contributed by atoms with Crippen molar-refractivity contribution in [3.05, 3.63) is 105 Å². The Labute approximate surface area is 186 Å². The molecule has 0 radical (unpaired) electrons. The normalized spacial score (nSPS) is 10.9. The minimum absolute atomic E-state index is 0.0306. The Hall–Kier alpha value is -4.27. The monoisotopic (exact) mass is 451 g/mol. The van der Waals surface area contributed by atoms with E-state index in [-0.39, 0.29) is 23.4 Å². The lowest BCUT2D eigenvalue weighted by Crippen LogP contribution is -2.42. The fraction of sp³-hybridized carbons (Fsp3) is 0.125. The number of rotatable bonds is 6. The summed E-state index contributed by atoms with van der Waals surface area (Å²) in [6.07, 6.45) is 0. The first-order valence-corrected chi connectivity index (χ1v) is 9.97. The number of amides is 1. The Balaban J connectivity index is 1.71. The summed E-state index contributed by atoms with van der Waals surface area (Å²) in [6, 6.07) is 15.8. The van der Waals surface area contributed by atoms with Gasteiger partial charge in [0, 0.05) is 11.8 Å². The van der Waals surface area contributed by atoms with Crippen molar-refractivity contribution < 1.29 is 18.3 Å². The Morgan fingerprint density at radius 1 is 0.970 bits per heavy atom. The molecular weight excluding hydrogens is 432 g/mol.